The predicted octanol–water partition coefficient (Wildman–Crippen LogP) is 5.19. The largest absolute Gasteiger partial charge is 0.493 e. The molecule has 1 saturated heterocycles. The van der Waals surface area contributed by atoms with Gasteiger partial charge in [-0.1, -0.05) is 36.4 Å². The van der Waals surface area contributed by atoms with E-state index in [-0.39, 0.29) is 23.5 Å². The summed E-state index contributed by atoms with van der Waals surface area (Å²) in [6.45, 7) is 7.95. The highest BCUT2D eigenvalue weighted by Crippen LogP contribution is 2.67. The lowest BCUT2D eigenvalue weighted by atomic mass is 9.51. The maximum atomic E-state index is 14.1. The van der Waals surface area contributed by atoms with Gasteiger partial charge in [-0.25, -0.2) is 0 Å². The molecule has 2 aliphatic carbocycles. The van der Waals surface area contributed by atoms with Gasteiger partial charge in [0.25, 0.3) is 5.91 Å². The van der Waals surface area contributed by atoms with Gasteiger partial charge in [-0.2, -0.15) is 0 Å². The number of nitrogens with zero attached hydrogens (tertiary/aromatic N) is 2. The van der Waals surface area contributed by atoms with Gasteiger partial charge in [0.1, 0.15) is 11.8 Å². The second-order valence-corrected chi connectivity index (χ2v) is 12.0. The van der Waals surface area contributed by atoms with Gasteiger partial charge < -0.3 is 24.3 Å². The van der Waals surface area contributed by atoms with Crippen LogP contribution in [-0.2, 0) is 24.8 Å². The van der Waals surface area contributed by atoms with Crippen LogP contribution < -0.4 is 9.47 Å². The van der Waals surface area contributed by atoms with Crippen LogP contribution in [0.4, 0.5) is 0 Å². The molecule has 4 atom stereocenters. The van der Waals surface area contributed by atoms with Crippen LogP contribution in [0.25, 0.3) is 0 Å². The van der Waals surface area contributed by atoms with Crippen LogP contribution >= 0.6 is 0 Å². The first-order valence-electron chi connectivity index (χ1n) is 14.0. The molecule has 1 spiro atoms. The number of H-pyrrole nitrogens is 1. The van der Waals surface area contributed by atoms with Gasteiger partial charge in [-0.15, -0.1) is 0 Å². The number of benzene rings is 2. The van der Waals surface area contributed by atoms with Gasteiger partial charge in [-0.05, 0) is 87.9 Å². The molecule has 2 aliphatic heterocycles. The van der Waals surface area contributed by atoms with Gasteiger partial charge in [-0.3, -0.25) is 4.79 Å². The zero-order chi connectivity index (χ0) is 26.3. The fraction of sp³-hybridized carbons (Fsp3) is 0.469. The minimum atomic E-state index is -0.125. The Labute approximate surface area is 224 Å². The number of carbonyl (C=O) groups excluding carboxylic acids is 1. The van der Waals surface area contributed by atoms with E-state index < -0.39 is 0 Å². The van der Waals surface area contributed by atoms with Gasteiger partial charge in [0, 0.05) is 29.6 Å². The molecule has 0 radical (unpaired) electrons. The molecule has 7 rings (SSSR count). The molecule has 1 fully saturated rings. The quantitative estimate of drug-likeness (QED) is 0.513. The molecule has 6 nitrogen and oxygen atoms in total. The van der Waals surface area contributed by atoms with Crippen LogP contribution in [0.2, 0.25) is 0 Å². The number of nitrogens with one attached hydrogen (secondary N) is 1. The van der Waals surface area contributed by atoms with Crippen LogP contribution in [0.1, 0.15) is 70.4 Å². The number of rotatable bonds is 5. The Kier molecular flexibility index (Phi) is 5.25. The van der Waals surface area contributed by atoms with Crippen molar-refractivity contribution in [2.45, 2.75) is 70.2 Å². The summed E-state index contributed by atoms with van der Waals surface area (Å²) in [4.78, 5) is 22.3. The van der Waals surface area contributed by atoms with Gasteiger partial charge in [0.2, 0.25) is 0 Å². The number of aromatic nitrogens is 1. The minimum Gasteiger partial charge on any atom is -0.493 e. The van der Waals surface area contributed by atoms with Crippen LogP contribution in [0.5, 0.6) is 11.5 Å². The monoisotopic (exact) mass is 511 g/mol. The third-order valence-electron chi connectivity index (χ3n) is 9.99. The normalized spacial score (nSPS) is 26.5. The van der Waals surface area contributed by atoms with Gasteiger partial charge in [0.15, 0.2) is 11.5 Å². The van der Waals surface area contributed by atoms with E-state index in [4.69, 9.17) is 9.47 Å². The number of methoxy groups -OCH3 is 1. The van der Waals surface area contributed by atoms with Crippen LogP contribution in [0, 0.1) is 12.8 Å². The van der Waals surface area contributed by atoms with E-state index in [1.165, 1.54) is 16.7 Å². The smallest absolute Gasteiger partial charge is 0.271 e. The summed E-state index contributed by atoms with van der Waals surface area (Å²) >= 11 is 0. The summed E-state index contributed by atoms with van der Waals surface area (Å²) in [5, 5.41) is 0. The topological polar surface area (TPSA) is 57.8 Å². The Morgan fingerprint density at radius 1 is 1.21 bits per heavy atom. The molecule has 38 heavy (non-hydrogen) atoms. The Morgan fingerprint density at radius 2 is 2.00 bits per heavy atom. The van der Waals surface area contributed by atoms with Gasteiger partial charge >= 0.3 is 0 Å². The standard InChI is InChI=1S/C32H37N3O3/c1-18(2)35(17-20-9-7-6-8-10-20)31(36)27-19(3)22-16-23-24-15-21-11-12-25(37-5)29-26(21)32(23,13-14-34(24)4)30(38-29)28(22)33-27/h6-12,18,23-24,30,33H,13-17H2,1-5H3/t23?,24-,30+,32?/m1/s1. The molecule has 2 unspecified atom stereocenters. The van der Waals surface area contributed by atoms with E-state index in [0.29, 0.717) is 24.2 Å². The summed E-state index contributed by atoms with van der Waals surface area (Å²) < 4.78 is 12.7. The van der Waals surface area contributed by atoms with E-state index in [2.05, 4.69) is 62.0 Å². The Balaban J connectivity index is 1.34. The molecule has 3 heterocycles. The van der Waals surface area contributed by atoms with Crippen molar-refractivity contribution in [2.24, 2.45) is 5.92 Å². The maximum Gasteiger partial charge on any atom is 0.271 e. The average molecular weight is 512 g/mol. The fourth-order valence-corrected chi connectivity index (χ4v) is 8.06. The highest BCUT2D eigenvalue weighted by atomic mass is 16.5. The van der Waals surface area contributed by atoms with E-state index in [0.717, 1.165) is 54.1 Å². The first-order chi connectivity index (χ1) is 18.3. The number of aromatic amines is 1. The maximum absolute atomic E-state index is 14.1. The SMILES string of the molecule is COc1ccc2c3c1O[C@H]1c4[nH]c(C(=O)N(Cc5ccccc5)C(C)C)c(C)c4CC4[C@@H](C2)N(C)CCC341. The third-order valence-corrected chi connectivity index (χ3v) is 9.99. The van der Waals surface area contributed by atoms with Crippen molar-refractivity contribution in [2.75, 3.05) is 20.7 Å². The fourth-order valence-electron chi connectivity index (χ4n) is 8.06. The number of hydrogen-bond acceptors (Lipinski definition) is 4. The van der Waals surface area contributed by atoms with Crippen molar-refractivity contribution >= 4 is 5.91 Å². The van der Waals surface area contributed by atoms with E-state index >= 15 is 0 Å². The number of carbonyl (C=O) groups is 1. The van der Waals surface area contributed by atoms with E-state index in [9.17, 15) is 4.79 Å². The van der Waals surface area contributed by atoms with Crippen molar-refractivity contribution in [1.29, 1.82) is 0 Å². The van der Waals surface area contributed by atoms with Crippen molar-refractivity contribution in [3.63, 3.8) is 0 Å². The van der Waals surface area contributed by atoms with Crippen molar-refractivity contribution < 1.29 is 14.3 Å². The zero-order valence-corrected chi connectivity index (χ0v) is 23.0. The molecule has 1 aromatic heterocycles. The molecule has 2 bridgehead atoms. The van der Waals surface area contributed by atoms with Crippen LogP contribution in [0.3, 0.4) is 0 Å². The molecule has 0 saturated carbocycles. The average Bonchev–Trinajstić information content (AvgIpc) is 3.44. The second-order valence-electron chi connectivity index (χ2n) is 12.0. The molecule has 1 N–H and O–H groups in total. The summed E-state index contributed by atoms with van der Waals surface area (Å²) in [5.41, 5.74) is 7.99. The van der Waals surface area contributed by atoms with Crippen LogP contribution in [-0.4, -0.2) is 53.5 Å². The van der Waals surface area contributed by atoms with Crippen molar-refractivity contribution in [1.82, 2.24) is 14.8 Å². The number of likely N-dealkylation sites (tertiary alicyclic amines) is 1. The first kappa shape index (κ1) is 23.8. The highest BCUT2D eigenvalue weighted by molar-refractivity contribution is 5.95. The number of hydrogen-bond donors (Lipinski definition) is 1. The van der Waals surface area contributed by atoms with Crippen molar-refractivity contribution in [3.8, 4) is 11.5 Å². The lowest BCUT2D eigenvalue weighted by Crippen LogP contribution is -2.62. The molecule has 6 heteroatoms. The third kappa shape index (κ3) is 3.07. The molecular weight excluding hydrogens is 474 g/mol. The molecule has 1 amide bonds. The molecule has 3 aromatic rings. The molecular formula is C32H37N3O3. The second kappa shape index (κ2) is 8.37. The highest BCUT2D eigenvalue weighted by Gasteiger charge is 2.65. The molecule has 2 aromatic carbocycles. The first-order valence-corrected chi connectivity index (χ1v) is 14.0. The van der Waals surface area contributed by atoms with Crippen LogP contribution in [0.15, 0.2) is 42.5 Å². The Bertz CT molecular complexity index is 1430. The number of piperidine rings is 1. The minimum absolute atomic E-state index is 0.0603. The van der Waals surface area contributed by atoms with Gasteiger partial charge in [0.05, 0.1) is 12.8 Å². The summed E-state index contributed by atoms with van der Waals surface area (Å²) in [7, 11) is 4.00. The summed E-state index contributed by atoms with van der Waals surface area (Å²) in [5.74, 6) is 2.25. The summed E-state index contributed by atoms with van der Waals surface area (Å²) in [6, 6.07) is 15.1. The predicted molar refractivity (Wildman–Crippen MR) is 147 cm³/mol. The lowest BCUT2D eigenvalue weighted by Gasteiger charge is -2.57. The summed E-state index contributed by atoms with van der Waals surface area (Å²) in [6.07, 6.45) is 2.93. The number of fused-ring (bicyclic) bond motifs is 2. The molecule has 198 valence electrons. The lowest BCUT2D eigenvalue weighted by molar-refractivity contribution is -0.0256. The zero-order valence-electron chi connectivity index (χ0n) is 23.0. The number of ether oxygens (including phenoxy) is 2. The number of likely N-dealkylation sites (N-methyl/N-ethyl adjacent to an activating group) is 1. The Hall–Kier alpha value is -3.25. The number of amides is 1. The van der Waals surface area contributed by atoms with E-state index in [1.54, 1.807) is 7.11 Å². The molecule has 4 aliphatic rings. The van der Waals surface area contributed by atoms with Crippen molar-refractivity contribution in [3.05, 3.63) is 81.7 Å². The van der Waals surface area contributed by atoms with E-state index in [1.807, 2.05) is 23.1 Å². The Morgan fingerprint density at radius 3 is 2.74 bits per heavy atom.